The van der Waals surface area contributed by atoms with Crippen molar-refractivity contribution >= 4 is 21.6 Å². The molecule has 0 saturated heterocycles. The minimum absolute atomic E-state index is 0.0505. The van der Waals surface area contributed by atoms with Crippen LogP contribution in [0.4, 0.5) is 0 Å². The Labute approximate surface area is 131 Å². The fourth-order valence-electron chi connectivity index (χ4n) is 2.84. The van der Waals surface area contributed by atoms with Crippen molar-refractivity contribution in [3.8, 4) is 6.07 Å². The van der Waals surface area contributed by atoms with Gasteiger partial charge in [0, 0.05) is 17.3 Å². The molecule has 5 heteroatoms. The molecule has 3 atom stereocenters. The second-order valence-corrected chi connectivity index (χ2v) is 9.30. The van der Waals surface area contributed by atoms with Crippen LogP contribution in [0.1, 0.15) is 30.7 Å². The van der Waals surface area contributed by atoms with Crippen LogP contribution in [0.25, 0.3) is 0 Å². The van der Waals surface area contributed by atoms with Crippen LogP contribution in [-0.2, 0) is 9.84 Å². The number of nitrogens with zero attached hydrogens (tertiary/aromatic N) is 1. The van der Waals surface area contributed by atoms with Gasteiger partial charge < -0.3 is 0 Å². The summed E-state index contributed by atoms with van der Waals surface area (Å²) < 4.78 is 22.5. The van der Waals surface area contributed by atoms with E-state index in [1.165, 1.54) is 11.8 Å². The molecule has 1 saturated carbocycles. The molecule has 1 aliphatic carbocycles. The van der Waals surface area contributed by atoms with E-state index in [0.29, 0.717) is 11.7 Å². The van der Waals surface area contributed by atoms with Crippen molar-refractivity contribution < 1.29 is 8.42 Å². The molecule has 1 aromatic rings. The van der Waals surface area contributed by atoms with Crippen LogP contribution in [0.2, 0.25) is 0 Å². The lowest BCUT2D eigenvalue weighted by atomic mass is 9.79. The smallest absolute Gasteiger partial charge is 0.148 e. The van der Waals surface area contributed by atoms with E-state index in [1.54, 1.807) is 11.8 Å². The zero-order valence-corrected chi connectivity index (χ0v) is 13.9. The average molecular weight is 323 g/mol. The third kappa shape index (κ3) is 5.05. The Morgan fingerprint density at radius 1 is 1.29 bits per heavy atom. The Bertz CT molecular complexity index is 592. The highest BCUT2D eigenvalue weighted by Crippen LogP contribution is 2.41. The van der Waals surface area contributed by atoms with E-state index >= 15 is 0 Å². The van der Waals surface area contributed by atoms with Crippen LogP contribution in [0.5, 0.6) is 0 Å². The zero-order chi connectivity index (χ0) is 15.3. The summed E-state index contributed by atoms with van der Waals surface area (Å²) in [6, 6.07) is 12.8. The van der Waals surface area contributed by atoms with Gasteiger partial charge in [-0.25, -0.2) is 8.42 Å². The van der Waals surface area contributed by atoms with Crippen molar-refractivity contribution in [1.82, 2.24) is 0 Å². The van der Waals surface area contributed by atoms with E-state index in [0.717, 1.165) is 19.3 Å². The fourth-order valence-corrected chi connectivity index (χ4v) is 5.54. The Morgan fingerprint density at radius 2 is 2.00 bits per heavy atom. The number of hydrogen-bond donors (Lipinski definition) is 0. The van der Waals surface area contributed by atoms with Crippen molar-refractivity contribution in [2.75, 3.05) is 17.8 Å². The second-order valence-electron chi connectivity index (χ2n) is 5.70. The Morgan fingerprint density at radius 3 is 2.62 bits per heavy atom. The summed E-state index contributed by atoms with van der Waals surface area (Å²) in [5.74, 6) is 1.33. The summed E-state index contributed by atoms with van der Waals surface area (Å²) in [6.45, 7) is 0. The first-order valence-electron chi connectivity index (χ1n) is 7.23. The number of nitriles is 1. The molecule has 0 N–H and O–H groups in total. The monoisotopic (exact) mass is 323 g/mol. The first-order chi connectivity index (χ1) is 9.99. The summed E-state index contributed by atoms with van der Waals surface area (Å²) >= 11 is 1.65. The van der Waals surface area contributed by atoms with Crippen molar-refractivity contribution in [2.24, 2.45) is 5.92 Å². The maximum atomic E-state index is 11.2. The number of hydrogen-bond acceptors (Lipinski definition) is 4. The molecule has 1 fully saturated rings. The molecule has 0 aromatic heterocycles. The molecule has 0 heterocycles. The molecular formula is C16H21NO2S2. The molecule has 3 unspecified atom stereocenters. The highest BCUT2D eigenvalue weighted by atomic mass is 32.2. The second kappa shape index (κ2) is 7.33. The van der Waals surface area contributed by atoms with Crippen LogP contribution in [0.3, 0.4) is 0 Å². The van der Waals surface area contributed by atoms with Crippen LogP contribution in [0, 0.1) is 17.2 Å². The molecular weight excluding hydrogens is 302 g/mol. The fraction of sp³-hybridized carbons (Fsp3) is 0.562. The predicted molar refractivity (Wildman–Crippen MR) is 88.1 cm³/mol. The summed E-state index contributed by atoms with van der Waals surface area (Å²) in [5, 5.41) is 9.54. The van der Waals surface area contributed by atoms with Crippen LogP contribution >= 0.6 is 11.8 Å². The van der Waals surface area contributed by atoms with E-state index in [9.17, 15) is 13.7 Å². The van der Waals surface area contributed by atoms with Gasteiger partial charge in [0.15, 0.2) is 0 Å². The molecule has 114 valence electrons. The summed E-state index contributed by atoms with van der Waals surface area (Å²) in [7, 11) is -2.92. The van der Waals surface area contributed by atoms with Crippen molar-refractivity contribution in [1.29, 1.82) is 5.26 Å². The SMILES string of the molecule is CS(=O)(=O)CCSC1CC(c2ccccc2)CCC1C#N. The standard InChI is InChI=1S/C16H21NO2S2/c1-21(18,19)10-9-20-16-11-14(7-8-15(16)12-17)13-5-3-2-4-6-13/h2-6,14-16H,7-11H2,1H3. The molecule has 3 nitrogen and oxygen atoms in total. The van der Waals surface area contributed by atoms with Crippen LogP contribution in [-0.4, -0.2) is 31.4 Å². The van der Waals surface area contributed by atoms with Crippen molar-refractivity contribution in [3.05, 3.63) is 35.9 Å². The quantitative estimate of drug-likeness (QED) is 0.834. The number of thioether (sulfide) groups is 1. The molecule has 21 heavy (non-hydrogen) atoms. The molecule has 1 aliphatic rings. The molecule has 0 bridgehead atoms. The van der Waals surface area contributed by atoms with Gasteiger partial charge in [-0.3, -0.25) is 0 Å². The lowest BCUT2D eigenvalue weighted by Crippen LogP contribution is -2.26. The molecule has 0 radical (unpaired) electrons. The Kier molecular flexibility index (Phi) is 5.72. The highest BCUT2D eigenvalue weighted by molar-refractivity contribution is 8.01. The van der Waals surface area contributed by atoms with Gasteiger partial charge in [-0.05, 0) is 30.7 Å². The van der Waals surface area contributed by atoms with Gasteiger partial charge in [-0.15, -0.1) is 0 Å². The van der Waals surface area contributed by atoms with Gasteiger partial charge in [0.05, 0.1) is 17.7 Å². The molecule has 2 rings (SSSR count). The Balaban J connectivity index is 1.98. The minimum Gasteiger partial charge on any atom is -0.229 e. The highest BCUT2D eigenvalue weighted by Gasteiger charge is 2.31. The molecule has 0 spiro atoms. The van der Waals surface area contributed by atoms with Gasteiger partial charge in [0.2, 0.25) is 0 Å². The first-order valence-corrected chi connectivity index (χ1v) is 10.3. The third-order valence-corrected chi connectivity index (χ3v) is 6.61. The summed E-state index contributed by atoms with van der Waals surface area (Å²) in [6.07, 6.45) is 4.19. The zero-order valence-electron chi connectivity index (χ0n) is 12.2. The van der Waals surface area contributed by atoms with E-state index in [4.69, 9.17) is 0 Å². The molecule has 0 aliphatic heterocycles. The van der Waals surface area contributed by atoms with Gasteiger partial charge in [-0.2, -0.15) is 17.0 Å². The first kappa shape index (κ1) is 16.4. The lowest BCUT2D eigenvalue weighted by molar-refractivity contribution is 0.393. The van der Waals surface area contributed by atoms with Gasteiger partial charge in [-0.1, -0.05) is 30.3 Å². The van der Waals surface area contributed by atoms with E-state index in [2.05, 4.69) is 30.3 Å². The predicted octanol–water partition coefficient (Wildman–Crippen LogP) is 3.24. The van der Waals surface area contributed by atoms with Crippen molar-refractivity contribution in [2.45, 2.75) is 30.4 Å². The number of rotatable bonds is 5. The van der Waals surface area contributed by atoms with Crippen molar-refractivity contribution in [3.63, 3.8) is 0 Å². The van der Waals surface area contributed by atoms with E-state index < -0.39 is 9.84 Å². The van der Waals surface area contributed by atoms with E-state index in [-0.39, 0.29) is 16.9 Å². The van der Waals surface area contributed by atoms with E-state index in [1.807, 2.05) is 6.07 Å². The Hall–Kier alpha value is -0.990. The minimum atomic E-state index is -2.92. The van der Waals surface area contributed by atoms with Crippen LogP contribution in [0.15, 0.2) is 30.3 Å². The maximum Gasteiger partial charge on any atom is 0.148 e. The maximum absolute atomic E-state index is 11.2. The summed E-state index contributed by atoms with van der Waals surface area (Å²) in [5.41, 5.74) is 1.34. The van der Waals surface area contributed by atoms with Gasteiger partial charge in [0.25, 0.3) is 0 Å². The largest absolute Gasteiger partial charge is 0.229 e. The number of benzene rings is 1. The normalized spacial score (nSPS) is 26.2. The van der Waals surface area contributed by atoms with Gasteiger partial charge >= 0.3 is 0 Å². The third-order valence-electron chi connectivity index (χ3n) is 4.01. The topological polar surface area (TPSA) is 57.9 Å². The number of sulfone groups is 1. The average Bonchev–Trinajstić information content (AvgIpc) is 2.47. The van der Waals surface area contributed by atoms with Crippen LogP contribution < -0.4 is 0 Å². The molecule has 0 amide bonds. The molecule has 1 aromatic carbocycles. The lowest BCUT2D eigenvalue weighted by Gasteiger charge is -2.32. The summed E-state index contributed by atoms with van der Waals surface area (Å²) in [4.78, 5) is 0. The van der Waals surface area contributed by atoms with Gasteiger partial charge in [0.1, 0.15) is 9.84 Å².